The molecular weight excluding hydrogens is 601 g/mol. The van der Waals surface area contributed by atoms with Gasteiger partial charge < -0.3 is 30.4 Å². The summed E-state index contributed by atoms with van der Waals surface area (Å²) in [6, 6.07) is 12.6. The van der Waals surface area contributed by atoms with Crippen LogP contribution >= 0.6 is 0 Å². The first-order valence-corrected chi connectivity index (χ1v) is 13.2. The normalized spacial score (nSPS) is 11.2. The Balaban J connectivity index is 0.000000900. The van der Waals surface area contributed by atoms with E-state index in [0.29, 0.717) is 59.3 Å². The first kappa shape index (κ1) is 35.8. The van der Waals surface area contributed by atoms with E-state index in [9.17, 15) is 22.8 Å². The van der Waals surface area contributed by atoms with Crippen molar-refractivity contribution in [2.45, 2.75) is 26.1 Å². The first-order chi connectivity index (χ1) is 21.3. The van der Waals surface area contributed by atoms with Crippen LogP contribution in [-0.4, -0.2) is 66.8 Å². The number of nitrogens with zero attached hydrogens (tertiary/aromatic N) is 1. The predicted octanol–water partition coefficient (Wildman–Crippen LogP) is 3.35. The van der Waals surface area contributed by atoms with Crippen molar-refractivity contribution in [3.05, 3.63) is 83.2 Å². The highest BCUT2D eigenvalue weighted by Crippen LogP contribution is 2.32. The largest absolute Gasteiger partial charge is 0.490 e. The molecule has 1 aromatic heterocycles. The molecule has 0 aliphatic rings. The molecular formula is C29H33F3N6O7. The molecule has 0 aliphatic heterocycles. The zero-order valence-electron chi connectivity index (χ0n) is 24.5. The molecule has 13 nitrogen and oxygen atoms in total. The number of aryl methyl sites for hydroxylation is 1. The number of alkyl halides is 3. The third kappa shape index (κ3) is 11.3. The molecule has 2 aromatic carbocycles. The Morgan fingerprint density at radius 1 is 1.02 bits per heavy atom. The number of nitrogens with one attached hydrogen (secondary N) is 4. The lowest BCUT2D eigenvalue weighted by atomic mass is 10.0. The van der Waals surface area contributed by atoms with Crippen molar-refractivity contribution < 1.29 is 46.9 Å². The highest BCUT2D eigenvalue weighted by atomic mass is 19.4. The zero-order valence-corrected chi connectivity index (χ0v) is 24.5. The van der Waals surface area contributed by atoms with Crippen LogP contribution in [-0.2, 0) is 14.3 Å². The molecule has 16 heteroatoms. The molecule has 3 aromatic rings. The fourth-order valence-electron chi connectivity index (χ4n) is 3.53. The minimum absolute atomic E-state index is 0.0645. The molecule has 3 rings (SSSR count). The molecule has 0 saturated carbocycles. The molecule has 0 fully saturated rings. The van der Waals surface area contributed by atoms with Gasteiger partial charge in [-0.05, 0) is 67.4 Å². The Bertz CT molecular complexity index is 1470. The lowest BCUT2D eigenvalue weighted by Crippen LogP contribution is -2.45. The smallest absolute Gasteiger partial charge is 0.490 e. The number of rotatable bonds is 12. The number of aliphatic carboxylic acids is 1. The van der Waals surface area contributed by atoms with Crippen molar-refractivity contribution in [1.29, 1.82) is 5.41 Å². The van der Waals surface area contributed by atoms with Crippen molar-refractivity contribution in [1.82, 2.24) is 15.8 Å². The van der Waals surface area contributed by atoms with Gasteiger partial charge in [-0.15, -0.1) is 0 Å². The summed E-state index contributed by atoms with van der Waals surface area (Å²) in [7, 11) is 1.59. The Labute approximate surface area is 256 Å². The lowest BCUT2D eigenvalue weighted by molar-refractivity contribution is -0.192. The summed E-state index contributed by atoms with van der Waals surface area (Å²) in [6.45, 7) is 4.74. The number of carbonyl (C=O) groups excluding carboxylic acids is 2. The average molecular weight is 635 g/mol. The maximum Gasteiger partial charge on any atom is 0.490 e. The molecule has 1 unspecified atom stereocenters. The number of anilines is 1. The van der Waals surface area contributed by atoms with Gasteiger partial charge in [-0.25, -0.2) is 4.79 Å². The van der Waals surface area contributed by atoms with Crippen LogP contribution in [0.5, 0.6) is 11.5 Å². The van der Waals surface area contributed by atoms with Crippen LogP contribution in [0.15, 0.2) is 60.9 Å². The quantitative estimate of drug-likeness (QED) is 0.0744. The molecule has 1 atom stereocenters. The van der Waals surface area contributed by atoms with E-state index in [1.165, 1.54) is 6.20 Å². The van der Waals surface area contributed by atoms with Gasteiger partial charge >= 0.3 is 12.1 Å². The summed E-state index contributed by atoms with van der Waals surface area (Å²) in [6.07, 6.45) is -2.01. The van der Waals surface area contributed by atoms with Gasteiger partial charge in [0.1, 0.15) is 18.5 Å². The number of halogens is 3. The van der Waals surface area contributed by atoms with E-state index in [-0.39, 0.29) is 5.84 Å². The highest BCUT2D eigenvalue weighted by Gasteiger charge is 2.38. The summed E-state index contributed by atoms with van der Waals surface area (Å²) in [5.74, 6) is -2.84. The molecule has 1 heterocycles. The fourth-order valence-corrected chi connectivity index (χ4v) is 3.53. The van der Waals surface area contributed by atoms with Crippen LogP contribution in [0.2, 0.25) is 0 Å². The number of carbonyl (C=O) groups is 3. The molecule has 0 aliphatic carbocycles. The van der Waals surface area contributed by atoms with Gasteiger partial charge in [0, 0.05) is 36.3 Å². The number of carboxylic acids is 1. The first-order valence-electron chi connectivity index (χ1n) is 13.2. The second-order valence-electron chi connectivity index (χ2n) is 8.99. The number of carboxylic acid groups (broad SMARTS) is 1. The molecule has 45 heavy (non-hydrogen) atoms. The van der Waals surface area contributed by atoms with E-state index >= 15 is 0 Å². The maximum atomic E-state index is 13.4. The van der Waals surface area contributed by atoms with E-state index in [1.54, 1.807) is 68.8 Å². The van der Waals surface area contributed by atoms with Gasteiger partial charge in [0.2, 0.25) is 0 Å². The lowest BCUT2D eigenvalue weighted by Gasteiger charge is -2.22. The summed E-state index contributed by atoms with van der Waals surface area (Å²) in [5, 5.41) is 17.9. The van der Waals surface area contributed by atoms with Crippen LogP contribution < -0.4 is 31.4 Å². The Morgan fingerprint density at radius 3 is 2.24 bits per heavy atom. The SMILES string of the molecule is CCOc1cc(C(Nc2ccc(C(=N)N)cc2)C(=O)NNC(=O)c2ccncc2C)ccc1OCCOC.O=C(O)C(F)(F)F. The fraction of sp³-hybridized carbons (Fsp3) is 0.276. The monoisotopic (exact) mass is 634 g/mol. The Kier molecular flexibility index (Phi) is 13.6. The predicted molar refractivity (Wildman–Crippen MR) is 157 cm³/mol. The Hall–Kier alpha value is -5.38. The third-order valence-corrected chi connectivity index (χ3v) is 5.72. The van der Waals surface area contributed by atoms with Gasteiger partial charge in [-0.2, -0.15) is 13.2 Å². The number of benzene rings is 2. The number of nitrogen functional groups attached to an aromatic ring is 1. The Morgan fingerprint density at radius 2 is 1.69 bits per heavy atom. The van der Waals surface area contributed by atoms with Crippen LogP contribution in [0.4, 0.5) is 18.9 Å². The van der Waals surface area contributed by atoms with E-state index in [2.05, 4.69) is 21.2 Å². The van der Waals surface area contributed by atoms with Gasteiger partial charge in [-0.1, -0.05) is 6.07 Å². The minimum Gasteiger partial charge on any atom is -0.490 e. The van der Waals surface area contributed by atoms with Crippen molar-refractivity contribution in [2.24, 2.45) is 5.73 Å². The number of hydrogen-bond donors (Lipinski definition) is 6. The van der Waals surface area contributed by atoms with E-state index in [0.717, 1.165) is 0 Å². The molecule has 2 amide bonds. The summed E-state index contributed by atoms with van der Waals surface area (Å²) < 4.78 is 48.3. The average Bonchev–Trinajstić information content (AvgIpc) is 2.99. The standard InChI is InChI=1S/C27H32N6O5.C2HF3O2/c1-4-37-23-15-19(7-10-22(23)38-14-13-36-3)24(31-20-8-5-18(6-9-20)25(28)29)27(35)33-32-26(34)21-11-12-30-16-17(21)2;3-2(4,5)1(6)7/h5-12,15-16,24,31H,4,13-14H2,1-3H3,(H3,28,29)(H,32,34)(H,33,35);(H,6,7). The number of aromatic nitrogens is 1. The number of methoxy groups -OCH3 is 1. The number of amidine groups is 1. The highest BCUT2D eigenvalue weighted by molar-refractivity contribution is 5.97. The molecule has 0 saturated heterocycles. The van der Waals surface area contributed by atoms with Crippen LogP contribution in [0.25, 0.3) is 0 Å². The number of amides is 2. The molecule has 0 bridgehead atoms. The van der Waals surface area contributed by atoms with Crippen molar-refractivity contribution >= 4 is 29.3 Å². The van der Waals surface area contributed by atoms with E-state index in [4.69, 9.17) is 35.3 Å². The van der Waals surface area contributed by atoms with Gasteiger partial charge in [0.15, 0.2) is 11.5 Å². The van der Waals surface area contributed by atoms with Gasteiger partial charge in [0.25, 0.3) is 11.8 Å². The second kappa shape index (κ2) is 17.0. The maximum absolute atomic E-state index is 13.4. The number of nitrogens with two attached hydrogens (primary N) is 1. The minimum atomic E-state index is -5.08. The zero-order chi connectivity index (χ0) is 33.6. The second-order valence-corrected chi connectivity index (χ2v) is 8.99. The number of ether oxygens (including phenoxy) is 3. The topological polar surface area (TPSA) is 198 Å². The summed E-state index contributed by atoms with van der Waals surface area (Å²) in [5.41, 5.74) is 13.3. The summed E-state index contributed by atoms with van der Waals surface area (Å²) in [4.78, 5) is 38.9. The number of pyridine rings is 1. The van der Waals surface area contributed by atoms with Crippen molar-refractivity contribution in [3.8, 4) is 11.5 Å². The van der Waals surface area contributed by atoms with Crippen LogP contribution in [0.3, 0.4) is 0 Å². The van der Waals surface area contributed by atoms with Crippen molar-refractivity contribution in [3.63, 3.8) is 0 Å². The third-order valence-electron chi connectivity index (χ3n) is 5.72. The number of hydrogen-bond acceptors (Lipinski definition) is 9. The molecule has 0 radical (unpaired) electrons. The van der Waals surface area contributed by atoms with Crippen LogP contribution in [0, 0.1) is 12.3 Å². The molecule has 7 N–H and O–H groups in total. The number of hydrazine groups is 1. The van der Waals surface area contributed by atoms with Crippen molar-refractivity contribution in [2.75, 3.05) is 32.2 Å². The van der Waals surface area contributed by atoms with E-state index < -0.39 is 30.0 Å². The molecule has 0 spiro atoms. The van der Waals surface area contributed by atoms with Gasteiger partial charge in [-0.3, -0.25) is 30.8 Å². The molecule has 242 valence electrons. The summed E-state index contributed by atoms with van der Waals surface area (Å²) >= 11 is 0. The van der Waals surface area contributed by atoms with Gasteiger partial charge in [0.05, 0.1) is 13.2 Å². The van der Waals surface area contributed by atoms with E-state index in [1.807, 2.05) is 6.92 Å². The van der Waals surface area contributed by atoms with Crippen LogP contribution in [0.1, 0.15) is 40.0 Å².